The van der Waals surface area contributed by atoms with E-state index in [1.807, 2.05) is 50.5 Å². The lowest BCUT2D eigenvalue weighted by atomic mass is 9.73. The molecule has 1 atom stereocenters. The van der Waals surface area contributed by atoms with Crippen LogP contribution < -0.4 is 5.56 Å². The summed E-state index contributed by atoms with van der Waals surface area (Å²) in [7, 11) is 0. The molecule has 1 aliphatic heterocycles. The number of carboxylic acid groups (broad SMARTS) is 1. The number of fused-ring (bicyclic) bond motifs is 5. The van der Waals surface area contributed by atoms with Gasteiger partial charge in [-0.2, -0.15) is 0 Å². The molecule has 0 saturated heterocycles. The molecule has 3 N–H and O–H groups in total. The summed E-state index contributed by atoms with van der Waals surface area (Å²) in [6.07, 6.45) is 0. The van der Waals surface area contributed by atoms with Gasteiger partial charge < -0.3 is 19.8 Å². The van der Waals surface area contributed by atoms with Crippen molar-refractivity contribution in [1.29, 1.82) is 0 Å². The van der Waals surface area contributed by atoms with E-state index in [1.54, 1.807) is 0 Å². The standard InChI is InChI=1S/C20H21N3O4/c1-9-6-5-7-11-14(9)21-17-15-12(10(8-23(11)17)20(2,3)4)16(24)13(19(26)27)18(25)22-15/h5-7,10H,8H2,1-4H3,(H,26,27)(H2,22,24,25). The Bertz CT molecular complexity index is 1160. The van der Waals surface area contributed by atoms with E-state index >= 15 is 0 Å². The van der Waals surface area contributed by atoms with Gasteiger partial charge >= 0.3 is 5.97 Å². The van der Waals surface area contributed by atoms with Gasteiger partial charge in [-0.05, 0) is 24.0 Å². The van der Waals surface area contributed by atoms with Gasteiger partial charge in [0.2, 0.25) is 0 Å². The summed E-state index contributed by atoms with van der Waals surface area (Å²) in [5.74, 6) is -1.57. The number of aromatic carboxylic acids is 1. The first-order valence-corrected chi connectivity index (χ1v) is 8.80. The number of nitrogens with one attached hydrogen (secondary N) is 1. The second-order valence-electron chi connectivity index (χ2n) is 8.18. The van der Waals surface area contributed by atoms with Crippen LogP contribution in [-0.2, 0) is 6.54 Å². The minimum Gasteiger partial charge on any atom is -0.506 e. The second-order valence-corrected chi connectivity index (χ2v) is 8.18. The minimum atomic E-state index is -1.45. The lowest BCUT2D eigenvalue weighted by Gasteiger charge is -2.36. The summed E-state index contributed by atoms with van der Waals surface area (Å²) in [5.41, 5.74) is 1.90. The quantitative estimate of drug-likeness (QED) is 0.612. The lowest BCUT2D eigenvalue weighted by molar-refractivity contribution is 0.0691. The average molecular weight is 367 g/mol. The highest BCUT2D eigenvalue weighted by molar-refractivity contribution is 5.92. The summed E-state index contributed by atoms with van der Waals surface area (Å²) in [4.78, 5) is 31.3. The summed E-state index contributed by atoms with van der Waals surface area (Å²) >= 11 is 0. The molecule has 27 heavy (non-hydrogen) atoms. The molecule has 0 amide bonds. The molecule has 3 aromatic rings. The molecule has 7 nitrogen and oxygen atoms in total. The van der Waals surface area contributed by atoms with Crippen molar-refractivity contribution >= 4 is 17.0 Å². The first-order valence-electron chi connectivity index (χ1n) is 8.80. The maximum absolute atomic E-state index is 12.4. The maximum atomic E-state index is 12.4. The zero-order chi connectivity index (χ0) is 19.7. The van der Waals surface area contributed by atoms with E-state index < -0.39 is 22.8 Å². The highest BCUT2D eigenvalue weighted by atomic mass is 16.4. The van der Waals surface area contributed by atoms with Crippen molar-refractivity contribution < 1.29 is 15.0 Å². The fourth-order valence-electron chi connectivity index (χ4n) is 3.96. The molecule has 7 heteroatoms. The van der Waals surface area contributed by atoms with E-state index in [9.17, 15) is 19.8 Å². The number of aromatic nitrogens is 3. The van der Waals surface area contributed by atoms with Crippen LogP contribution in [0.15, 0.2) is 23.0 Å². The number of rotatable bonds is 1. The average Bonchev–Trinajstić information content (AvgIpc) is 2.93. The third-order valence-electron chi connectivity index (χ3n) is 5.40. The van der Waals surface area contributed by atoms with Crippen LogP contribution in [0, 0.1) is 12.3 Å². The highest BCUT2D eigenvalue weighted by Crippen LogP contribution is 2.48. The van der Waals surface area contributed by atoms with Crippen LogP contribution in [0.3, 0.4) is 0 Å². The SMILES string of the molecule is Cc1cccc2c1nc1n2CC(C(C)(C)C)c2c-1[nH]c(=O)c(C(=O)O)c2O. The second kappa shape index (κ2) is 5.45. The van der Waals surface area contributed by atoms with Crippen molar-refractivity contribution in [3.05, 3.63) is 45.2 Å². The molecule has 140 valence electrons. The molecule has 1 unspecified atom stereocenters. The van der Waals surface area contributed by atoms with Crippen molar-refractivity contribution in [3.8, 4) is 17.3 Å². The molecule has 3 heterocycles. The van der Waals surface area contributed by atoms with Crippen LogP contribution in [0.4, 0.5) is 0 Å². The topological polar surface area (TPSA) is 108 Å². The number of nitrogens with zero attached hydrogens (tertiary/aromatic N) is 2. The first-order chi connectivity index (χ1) is 12.6. The van der Waals surface area contributed by atoms with E-state index in [0.717, 1.165) is 16.6 Å². The van der Waals surface area contributed by atoms with Crippen LogP contribution in [0.2, 0.25) is 0 Å². The Kier molecular flexibility index (Phi) is 3.50. The van der Waals surface area contributed by atoms with Gasteiger partial charge in [0.25, 0.3) is 5.56 Å². The summed E-state index contributed by atoms with van der Waals surface area (Å²) in [5, 5.41) is 20.1. The highest BCUT2D eigenvalue weighted by Gasteiger charge is 2.39. The maximum Gasteiger partial charge on any atom is 0.345 e. The van der Waals surface area contributed by atoms with Crippen molar-refractivity contribution in [2.24, 2.45) is 5.41 Å². The lowest BCUT2D eigenvalue weighted by Crippen LogP contribution is -2.31. The molecule has 4 rings (SSSR count). The zero-order valence-electron chi connectivity index (χ0n) is 15.6. The molecule has 1 aromatic carbocycles. The zero-order valence-corrected chi connectivity index (χ0v) is 15.6. The molecule has 0 fully saturated rings. The number of hydrogen-bond donors (Lipinski definition) is 3. The van der Waals surface area contributed by atoms with Crippen LogP contribution in [0.25, 0.3) is 22.6 Å². The number of hydrogen-bond acceptors (Lipinski definition) is 4. The predicted octanol–water partition coefficient (Wildman–Crippen LogP) is 3.25. The number of aromatic hydroxyl groups is 1. The van der Waals surface area contributed by atoms with Gasteiger partial charge in [-0.25, -0.2) is 9.78 Å². The number of aromatic amines is 1. The van der Waals surface area contributed by atoms with Crippen LogP contribution >= 0.6 is 0 Å². The number of aryl methyl sites for hydroxylation is 1. The van der Waals surface area contributed by atoms with Gasteiger partial charge in [-0.1, -0.05) is 32.9 Å². The number of benzene rings is 1. The van der Waals surface area contributed by atoms with Crippen molar-refractivity contribution in [1.82, 2.24) is 14.5 Å². The number of pyridine rings is 1. The Morgan fingerprint density at radius 2 is 2.04 bits per heavy atom. The van der Waals surface area contributed by atoms with Crippen LogP contribution in [0.5, 0.6) is 5.75 Å². The Balaban J connectivity index is 2.15. The molecular formula is C20H21N3O4. The minimum absolute atomic E-state index is 0.201. The Morgan fingerprint density at radius 1 is 1.33 bits per heavy atom. The largest absolute Gasteiger partial charge is 0.506 e. The van der Waals surface area contributed by atoms with E-state index in [-0.39, 0.29) is 11.3 Å². The van der Waals surface area contributed by atoms with E-state index in [1.165, 1.54) is 0 Å². The number of imidazole rings is 1. The molecular weight excluding hydrogens is 346 g/mol. The number of H-pyrrole nitrogens is 1. The predicted molar refractivity (Wildman–Crippen MR) is 101 cm³/mol. The molecule has 0 aliphatic carbocycles. The van der Waals surface area contributed by atoms with Crippen molar-refractivity contribution in [3.63, 3.8) is 0 Å². The summed E-state index contributed by atoms with van der Waals surface area (Å²) in [6, 6.07) is 5.91. The smallest absolute Gasteiger partial charge is 0.345 e. The summed E-state index contributed by atoms with van der Waals surface area (Å²) < 4.78 is 2.04. The van der Waals surface area contributed by atoms with E-state index in [4.69, 9.17) is 4.98 Å². The fourth-order valence-corrected chi connectivity index (χ4v) is 3.96. The Hall–Kier alpha value is -3.09. The van der Waals surface area contributed by atoms with Crippen molar-refractivity contribution in [2.45, 2.75) is 40.2 Å². The Labute approximate surface area is 155 Å². The normalized spacial score (nSPS) is 16.2. The van der Waals surface area contributed by atoms with Gasteiger partial charge in [0.1, 0.15) is 5.75 Å². The number of carboxylic acids is 1. The monoisotopic (exact) mass is 367 g/mol. The van der Waals surface area contributed by atoms with Crippen molar-refractivity contribution in [2.75, 3.05) is 0 Å². The van der Waals surface area contributed by atoms with E-state index in [2.05, 4.69) is 4.98 Å². The van der Waals surface area contributed by atoms with Crippen LogP contribution in [0.1, 0.15) is 48.2 Å². The van der Waals surface area contributed by atoms with Crippen LogP contribution in [-0.4, -0.2) is 30.7 Å². The van der Waals surface area contributed by atoms with Gasteiger partial charge in [0.15, 0.2) is 11.4 Å². The molecule has 0 radical (unpaired) electrons. The molecule has 1 aliphatic rings. The molecule has 0 saturated carbocycles. The molecule has 0 bridgehead atoms. The van der Waals surface area contributed by atoms with Gasteiger partial charge in [0, 0.05) is 18.0 Å². The number of carbonyl (C=O) groups is 1. The third-order valence-corrected chi connectivity index (χ3v) is 5.40. The van der Waals surface area contributed by atoms with Gasteiger partial charge in [-0.3, -0.25) is 4.79 Å². The van der Waals surface area contributed by atoms with Gasteiger partial charge in [-0.15, -0.1) is 0 Å². The fraction of sp³-hybridized carbons (Fsp3) is 0.350. The van der Waals surface area contributed by atoms with E-state index in [0.29, 0.717) is 23.6 Å². The molecule has 2 aromatic heterocycles. The van der Waals surface area contributed by atoms with Gasteiger partial charge in [0.05, 0.1) is 16.7 Å². The third kappa shape index (κ3) is 2.38. The summed E-state index contributed by atoms with van der Waals surface area (Å²) in [6.45, 7) is 8.59. The first kappa shape index (κ1) is 17.3. The Morgan fingerprint density at radius 3 is 2.67 bits per heavy atom. The molecule has 0 spiro atoms. The number of para-hydroxylation sites is 1.